The van der Waals surface area contributed by atoms with E-state index in [1.807, 2.05) is 95.6 Å². The predicted octanol–water partition coefficient (Wildman–Crippen LogP) is 7.46. The van der Waals surface area contributed by atoms with E-state index >= 15 is 0 Å². The molecule has 1 saturated heterocycles. The van der Waals surface area contributed by atoms with E-state index in [1.165, 1.54) is 0 Å². The van der Waals surface area contributed by atoms with Gasteiger partial charge in [0.1, 0.15) is 27.5 Å². The fraction of sp³-hybridized carbons (Fsp3) is 0.276. The Kier molecular flexibility index (Phi) is 9.83. The first-order valence-corrected chi connectivity index (χ1v) is 14.6. The molecule has 1 aliphatic heterocycles. The van der Waals surface area contributed by atoms with Gasteiger partial charge in [-0.2, -0.15) is 0 Å². The lowest BCUT2D eigenvalue weighted by Gasteiger charge is -2.26. The fourth-order valence-electron chi connectivity index (χ4n) is 4.41. The molecule has 5 rings (SSSR count). The summed E-state index contributed by atoms with van der Waals surface area (Å²) in [5.74, 6) is 0. The van der Waals surface area contributed by atoms with Crippen molar-refractivity contribution in [1.82, 2.24) is 9.55 Å². The topological polar surface area (TPSA) is 54.7 Å². The summed E-state index contributed by atoms with van der Waals surface area (Å²) in [5, 5.41) is 0. The van der Waals surface area contributed by atoms with Crippen molar-refractivity contribution in [2.75, 3.05) is 6.61 Å². The van der Waals surface area contributed by atoms with Crippen LogP contribution in [0.3, 0.4) is 0 Å². The molecule has 1 fully saturated rings. The van der Waals surface area contributed by atoms with Crippen LogP contribution in [-0.4, -0.2) is 34.5 Å². The molecule has 0 amide bonds. The van der Waals surface area contributed by atoms with Crippen LogP contribution < -0.4 is 0 Å². The second kappa shape index (κ2) is 13.5. The Morgan fingerprint density at radius 2 is 1.18 bits per heavy atom. The lowest BCUT2D eigenvalue weighted by molar-refractivity contribution is -0.0921. The Bertz CT molecular complexity index is 1290. The van der Waals surface area contributed by atoms with E-state index in [0.717, 1.165) is 21.3 Å². The molecule has 0 radical (unpaired) electrons. The zero-order valence-corrected chi connectivity index (χ0v) is 25.2. The maximum Gasteiger partial charge on any atom is 0.181 e. The van der Waals surface area contributed by atoms with E-state index in [0.29, 0.717) is 35.8 Å². The molecule has 0 bridgehead atoms. The van der Waals surface area contributed by atoms with Crippen LogP contribution in [0.5, 0.6) is 0 Å². The molecule has 38 heavy (non-hydrogen) atoms. The van der Waals surface area contributed by atoms with E-state index in [2.05, 4.69) is 52.8 Å². The van der Waals surface area contributed by atoms with Gasteiger partial charge in [-0.3, -0.25) is 4.57 Å². The average molecular weight is 707 g/mol. The van der Waals surface area contributed by atoms with E-state index < -0.39 is 12.3 Å². The van der Waals surface area contributed by atoms with Crippen molar-refractivity contribution in [3.8, 4) is 0 Å². The molecule has 0 spiro atoms. The summed E-state index contributed by atoms with van der Waals surface area (Å²) in [7, 11) is 0. The second-order valence-electron chi connectivity index (χ2n) is 8.92. The van der Waals surface area contributed by atoms with E-state index in [4.69, 9.17) is 18.9 Å². The van der Waals surface area contributed by atoms with Crippen LogP contribution in [-0.2, 0) is 38.8 Å². The van der Waals surface area contributed by atoms with Crippen molar-refractivity contribution in [3.63, 3.8) is 0 Å². The molecule has 0 saturated carbocycles. The summed E-state index contributed by atoms with van der Waals surface area (Å²) in [6, 6.07) is 30.3. The molecule has 9 heteroatoms. The third-order valence-electron chi connectivity index (χ3n) is 6.28. The number of hydrogen-bond acceptors (Lipinski definition) is 5. The summed E-state index contributed by atoms with van der Waals surface area (Å²) in [4.78, 5) is 4.50. The molecule has 4 atom stereocenters. The zero-order chi connectivity index (χ0) is 26.3. The molecular weight excluding hydrogens is 680 g/mol. The van der Waals surface area contributed by atoms with Gasteiger partial charge in [0.05, 0.1) is 26.4 Å². The highest BCUT2D eigenvalue weighted by Crippen LogP contribution is 2.40. The standard InChI is InChI=1S/C29H27Br3N2O4/c30-26-27(31)34(29(32)33-26)28-25(37-18-22-14-8-3-9-15-22)24(36-17-21-12-6-2-7-13-21)23(38-28)19-35-16-20-10-4-1-5-11-20/h1-15,23-25,28H,16-19H2/t23-,24-,25+,28-/m1/s1. The Labute approximate surface area is 247 Å². The minimum Gasteiger partial charge on any atom is -0.374 e. The predicted molar refractivity (Wildman–Crippen MR) is 155 cm³/mol. The maximum absolute atomic E-state index is 6.63. The summed E-state index contributed by atoms with van der Waals surface area (Å²) in [6.45, 7) is 1.68. The number of nitrogens with zero attached hydrogens (tertiary/aromatic N) is 2. The van der Waals surface area contributed by atoms with Gasteiger partial charge in [0.15, 0.2) is 11.0 Å². The fourth-order valence-corrected chi connectivity index (χ4v) is 6.26. The minimum absolute atomic E-state index is 0.348. The van der Waals surface area contributed by atoms with Gasteiger partial charge in [0, 0.05) is 0 Å². The van der Waals surface area contributed by atoms with Crippen LogP contribution in [0, 0.1) is 0 Å². The molecule has 0 aliphatic carbocycles. The molecule has 1 aromatic heterocycles. The highest BCUT2D eigenvalue weighted by Gasteiger charge is 2.48. The molecule has 6 nitrogen and oxygen atoms in total. The number of benzene rings is 3. The lowest BCUT2D eigenvalue weighted by Crippen LogP contribution is -2.38. The summed E-state index contributed by atoms with van der Waals surface area (Å²) in [5.41, 5.74) is 3.25. The van der Waals surface area contributed by atoms with E-state index in [9.17, 15) is 0 Å². The summed E-state index contributed by atoms with van der Waals surface area (Å²) >= 11 is 10.7. The zero-order valence-electron chi connectivity index (χ0n) is 20.5. The molecule has 0 unspecified atom stereocenters. The number of halogens is 3. The number of ether oxygens (including phenoxy) is 4. The maximum atomic E-state index is 6.63. The quantitative estimate of drug-likeness (QED) is 0.162. The average Bonchev–Trinajstić information content (AvgIpc) is 3.41. The smallest absolute Gasteiger partial charge is 0.181 e. The number of imidazole rings is 1. The van der Waals surface area contributed by atoms with Crippen LogP contribution in [0.25, 0.3) is 0 Å². The van der Waals surface area contributed by atoms with Gasteiger partial charge in [-0.05, 0) is 64.5 Å². The Morgan fingerprint density at radius 1 is 0.684 bits per heavy atom. The first-order valence-electron chi connectivity index (χ1n) is 12.3. The lowest BCUT2D eigenvalue weighted by atomic mass is 10.1. The Morgan fingerprint density at radius 3 is 1.68 bits per heavy atom. The monoisotopic (exact) mass is 704 g/mol. The van der Waals surface area contributed by atoms with Crippen LogP contribution in [0.1, 0.15) is 22.9 Å². The summed E-state index contributed by atoms with van der Waals surface area (Å²) < 4.78 is 29.8. The van der Waals surface area contributed by atoms with Crippen LogP contribution >= 0.6 is 47.8 Å². The van der Waals surface area contributed by atoms with Crippen molar-refractivity contribution >= 4 is 47.8 Å². The van der Waals surface area contributed by atoms with Crippen molar-refractivity contribution in [1.29, 1.82) is 0 Å². The van der Waals surface area contributed by atoms with Gasteiger partial charge in [-0.25, -0.2) is 4.98 Å². The van der Waals surface area contributed by atoms with Crippen molar-refractivity contribution in [2.24, 2.45) is 0 Å². The number of hydrogen-bond donors (Lipinski definition) is 0. The van der Waals surface area contributed by atoms with Crippen molar-refractivity contribution in [2.45, 2.75) is 44.4 Å². The van der Waals surface area contributed by atoms with Crippen LogP contribution in [0.4, 0.5) is 0 Å². The van der Waals surface area contributed by atoms with Crippen LogP contribution in [0.15, 0.2) is 105 Å². The van der Waals surface area contributed by atoms with E-state index in [1.54, 1.807) is 0 Å². The first kappa shape index (κ1) is 27.7. The van der Waals surface area contributed by atoms with Gasteiger partial charge in [0.25, 0.3) is 0 Å². The van der Waals surface area contributed by atoms with Crippen molar-refractivity contribution in [3.05, 3.63) is 122 Å². The third kappa shape index (κ3) is 6.83. The highest BCUT2D eigenvalue weighted by molar-refractivity contribution is 9.13. The number of aromatic nitrogens is 2. The van der Waals surface area contributed by atoms with Crippen LogP contribution in [0.2, 0.25) is 0 Å². The number of rotatable bonds is 11. The first-order chi connectivity index (χ1) is 18.6. The van der Waals surface area contributed by atoms with Gasteiger partial charge >= 0.3 is 0 Å². The Hall–Kier alpha value is -1.85. The largest absolute Gasteiger partial charge is 0.374 e. The molecular formula is C29H27Br3N2O4. The molecule has 2 heterocycles. The van der Waals surface area contributed by atoms with Gasteiger partial charge in [0.2, 0.25) is 0 Å². The second-order valence-corrected chi connectivity index (χ2v) is 11.1. The van der Waals surface area contributed by atoms with Crippen molar-refractivity contribution < 1.29 is 18.9 Å². The normalized spacial score (nSPS) is 21.1. The molecule has 198 valence electrons. The summed E-state index contributed by atoms with van der Waals surface area (Å²) in [6.07, 6.45) is -1.70. The molecule has 0 N–H and O–H groups in total. The molecule has 1 aliphatic rings. The van der Waals surface area contributed by atoms with Gasteiger partial charge < -0.3 is 18.9 Å². The van der Waals surface area contributed by atoms with Gasteiger partial charge in [-0.15, -0.1) is 0 Å². The Balaban J connectivity index is 1.41. The SMILES string of the molecule is Brc1nc(Br)n([C@@H]2O[C@H](COCc3ccccc3)[C@@H](OCc3ccccc3)[C@@H]2OCc2ccccc2)c1Br. The van der Waals surface area contributed by atoms with E-state index in [-0.39, 0.29) is 12.2 Å². The molecule has 3 aromatic carbocycles. The molecule has 4 aromatic rings. The third-order valence-corrected chi connectivity index (χ3v) is 8.68. The minimum atomic E-state index is -0.507. The highest BCUT2D eigenvalue weighted by atomic mass is 79.9. The van der Waals surface area contributed by atoms with Gasteiger partial charge in [-0.1, -0.05) is 91.0 Å².